The molecule has 0 aliphatic carbocycles. The quantitative estimate of drug-likeness (QED) is 0.484. The van der Waals surface area contributed by atoms with Crippen molar-refractivity contribution in [1.29, 1.82) is 0 Å². The van der Waals surface area contributed by atoms with Crippen LogP contribution in [0.25, 0.3) is 10.9 Å². The fourth-order valence-corrected chi connectivity index (χ4v) is 3.74. The molecule has 2 aromatic carbocycles. The summed E-state index contributed by atoms with van der Waals surface area (Å²) < 4.78 is 4.61. The van der Waals surface area contributed by atoms with Gasteiger partial charge in [0.2, 0.25) is 0 Å². The normalized spacial score (nSPS) is 13.7. The number of ketones is 1. The first-order valence-electron chi connectivity index (χ1n) is 10.1. The summed E-state index contributed by atoms with van der Waals surface area (Å²) in [4.78, 5) is 56.0. The highest BCUT2D eigenvalue weighted by molar-refractivity contribution is 6.45. The highest BCUT2D eigenvalue weighted by atomic mass is 16.5. The van der Waals surface area contributed by atoms with Crippen molar-refractivity contribution >= 4 is 40.3 Å². The number of aromatic amines is 1. The molecule has 0 radical (unpaired) electrons. The number of benzene rings is 2. The number of hydrogen-bond acceptors (Lipinski definition) is 5. The third-order valence-corrected chi connectivity index (χ3v) is 5.45. The van der Waals surface area contributed by atoms with Crippen LogP contribution in [0.15, 0.2) is 54.7 Å². The van der Waals surface area contributed by atoms with Crippen molar-refractivity contribution in [1.82, 2.24) is 14.8 Å². The average Bonchev–Trinajstić information content (AvgIpc) is 3.28. The number of anilines is 1. The number of H-pyrrole nitrogens is 1. The third-order valence-electron chi connectivity index (χ3n) is 5.45. The molecule has 2 heterocycles. The molecule has 164 valence electrons. The average molecular weight is 434 g/mol. The van der Waals surface area contributed by atoms with Gasteiger partial charge in [0, 0.05) is 43.3 Å². The Bertz CT molecular complexity index is 1180. The predicted octanol–water partition coefficient (Wildman–Crippen LogP) is 2.51. The van der Waals surface area contributed by atoms with Crippen molar-refractivity contribution in [3.63, 3.8) is 0 Å². The van der Waals surface area contributed by atoms with E-state index in [0.717, 1.165) is 0 Å². The monoisotopic (exact) mass is 434 g/mol. The van der Waals surface area contributed by atoms with Crippen LogP contribution in [0.1, 0.15) is 20.7 Å². The molecule has 1 saturated heterocycles. The number of nitrogens with one attached hydrogen (secondary N) is 2. The van der Waals surface area contributed by atoms with E-state index < -0.39 is 17.8 Å². The molecule has 3 amide bonds. The Balaban J connectivity index is 1.45. The first-order chi connectivity index (χ1) is 15.5. The van der Waals surface area contributed by atoms with Gasteiger partial charge in [-0.05, 0) is 18.2 Å². The van der Waals surface area contributed by atoms with E-state index in [2.05, 4.69) is 15.0 Å². The van der Waals surface area contributed by atoms with Gasteiger partial charge in [-0.3, -0.25) is 19.7 Å². The van der Waals surface area contributed by atoms with E-state index in [1.165, 1.54) is 18.2 Å². The van der Waals surface area contributed by atoms with Crippen molar-refractivity contribution in [2.24, 2.45) is 0 Å². The molecule has 4 rings (SSSR count). The van der Waals surface area contributed by atoms with E-state index in [0.29, 0.717) is 35.2 Å². The molecule has 1 aromatic heterocycles. The van der Waals surface area contributed by atoms with Gasteiger partial charge in [-0.25, -0.2) is 4.79 Å². The molecule has 1 aliphatic heterocycles. The van der Waals surface area contributed by atoms with Crippen LogP contribution in [0, 0.1) is 0 Å². The topological polar surface area (TPSA) is 112 Å². The molecule has 3 aromatic rings. The first-order valence-corrected chi connectivity index (χ1v) is 10.1. The summed E-state index contributed by atoms with van der Waals surface area (Å²) in [6, 6.07) is 14.0. The fraction of sp³-hybridized carbons (Fsp3) is 0.217. The number of ether oxygens (including phenoxy) is 1. The molecular formula is C23H22N4O5. The Labute approximate surface area is 183 Å². The van der Waals surface area contributed by atoms with Crippen molar-refractivity contribution < 1.29 is 23.9 Å². The van der Waals surface area contributed by atoms with Gasteiger partial charge in [-0.15, -0.1) is 0 Å². The summed E-state index contributed by atoms with van der Waals surface area (Å²) in [6.07, 6.45) is 0.821. The number of methoxy groups -OCH3 is 1. The number of Topliss-reactive ketones (excluding diaryl/α,β-unsaturated/α-hetero) is 1. The van der Waals surface area contributed by atoms with Crippen molar-refractivity contribution in [2.45, 2.75) is 0 Å². The van der Waals surface area contributed by atoms with Gasteiger partial charge in [0.15, 0.2) is 0 Å². The number of fused-ring (bicyclic) bond motifs is 1. The molecular weight excluding hydrogens is 412 g/mol. The van der Waals surface area contributed by atoms with Crippen LogP contribution >= 0.6 is 0 Å². The molecule has 9 heteroatoms. The van der Waals surface area contributed by atoms with Crippen molar-refractivity contribution in [3.05, 3.63) is 65.9 Å². The minimum Gasteiger partial charge on any atom is -0.453 e. The van der Waals surface area contributed by atoms with Crippen LogP contribution < -0.4 is 5.32 Å². The number of para-hydroxylation sites is 1. The zero-order valence-corrected chi connectivity index (χ0v) is 17.5. The first kappa shape index (κ1) is 21.1. The number of carbonyl (C=O) groups excluding carboxylic acids is 4. The number of aromatic nitrogens is 1. The van der Waals surface area contributed by atoms with Crippen LogP contribution in [0.3, 0.4) is 0 Å². The molecule has 1 fully saturated rings. The molecule has 0 unspecified atom stereocenters. The van der Waals surface area contributed by atoms with E-state index in [1.54, 1.807) is 47.4 Å². The Kier molecular flexibility index (Phi) is 5.89. The third kappa shape index (κ3) is 4.04. The zero-order chi connectivity index (χ0) is 22.7. The molecule has 0 saturated carbocycles. The van der Waals surface area contributed by atoms with Gasteiger partial charge < -0.3 is 19.5 Å². The lowest BCUT2D eigenvalue weighted by molar-refractivity contribution is -0.127. The Morgan fingerprint density at radius 1 is 0.906 bits per heavy atom. The lowest BCUT2D eigenvalue weighted by atomic mass is 10.1. The maximum absolute atomic E-state index is 12.9. The summed E-state index contributed by atoms with van der Waals surface area (Å²) in [7, 11) is 1.25. The lowest BCUT2D eigenvalue weighted by Gasteiger charge is -2.34. The van der Waals surface area contributed by atoms with E-state index in [1.807, 2.05) is 6.07 Å². The molecule has 32 heavy (non-hydrogen) atoms. The molecule has 0 atom stereocenters. The number of rotatable bonds is 4. The highest BCUT2D eigenvalue weighted by Crippen LogP contribution is 2.26. The lowest BCUT2D eigenvalue weighted by Crippen LogP contribution is -2.52. The van der Waals surface area contributed by atoms with E-state index in [9.17, 15) is 19.2 Å². The molecule has 0 spiro atoms. The van der Waals surface area contributed by atoms with Crippen LogP contribution in [0.2, 0.25) is 0 Å². The summed E-state index contributed by atoms with van der Waals surface area (Å²) in [5.74, 6) is -1.36. The maximum Gasteiger partial charge on any atom is 0.411 e. The van der Waals surface area contributed by atoms with Gasteiger partial charge in [0.1, 0.15) is 0 Å². The smallest absolute Gasteiger partial charge is 0.411 e. The summed E-state index contributed by atoms with van der Waals surface area (Å²) in [5.41, 5.74) is 1.78. The summed E-state index contributed by atoms with van der Waals surface area (Å²) in [5, 5.41) is 3.10. The Morgan fingerprint density at radius 3 is 2.28 bits per heavy atom. The molecule has 0 bridgehead atoms. The maximum atomic E-state index is 12.9. The SMILES string of the molecule is COC(=O)Nc1cccc2c(C(=O)C(=O)N3CCN(C(=O)c4ccccc4)CC3)c[nH]c12. The predicted molar refractivity (Wildman–Crippen MR) is 118 cm³/mol. The number of amides is 3. The number of piperazine rings is 1. The van der Waals surface area contributed by atoms with Gasteiger partial charge in [-0.2, -0.15) is 0 Å². The standard InChI is InChI=1S/C23H22N4O5/c1-32-23(31)25-18-9-5-8-16-17(14-24-19(16)18)20(28)22(30)27-12-10-26(11-13-27)21(29)15-6-3-2-4-7-15/h2-9,14,24H,10-13H2,1H3,(H,25,31). The highest BCUT2D eigenvalue weighted by Gasteiger charge is 2.30. The second-order valence-corrected chi connectivity index (χ2v) is 7.33. The molecule has 2 N–H and O–H groups in total. The Morgan fingerprint density at radius 2 is 1.59 bits per heavy atom. The van der Waals surface area contributed by atoms with E-state index in [4.69, 9.17) is 0 Å². The van der Waals surface area contributed by atoms with Gasteiger partial charge in [0.25, 0.3) is 17.6 Å². The minimum absolute atomic E-state index is 0.0914. The van der Waals surface area contributed by atoms with E-state index >= 15 is 0 Å². The van der Waals surface area contributed by atoms with Gasteiger partial charge in [0.05, 0.1) is 23.9 Å². The number of carbonyl (C=O) groups is 4. The van der Waals surface area contributed by atoms with Gasteiger partial charge in [-0.1, -0.05) is 30.3 Å². The van der Waals surface area contributed by atoms with Crippen molar-refractivity contribution in [2.75, 3.05) is 38.6 Å². The Hall–Kier alpha value is -4.14. The molecule has 1 aliphatic rings. The van der Waals surface area contributed by atoms with Crippen LogP contribution in [-0.2, 0) is 9.53 Å². The largest absolute Gasteiger partial charge is 0.453 e. The van der Waals surface area contributed by atoms with Crippen LogP contribution in [0.4, 0.5) is 10.5 Å². The van der Waals surface area contributed by atoms with Crippen LogP contribution in [0.5, 0.6) is 0 Å². The minimum atomic E-state index is -0.644. The number of hydrogen-bond donors (Lipinski definition) is 2. The second kappa shape index (κ2) is 8.93. The van der Waals surface area contributed by atoms with Gasteiger partial charge >= 0.3 is 6.09 Å². The van der Waals surface area contributed by atoms with Crippen molar-refractivity contribution in [3.8, 4) is 0 Å². The second-order valence-electron chi connectivity index (χ2n) is 7.33. The van der Waals surface area contributed by atoms with E-state index in [-0.39, 0.29) is 24.6 Å². The fourth-order valence-electron chi connectivity index (χ4n) is 3.74. The summed E-state index contributed by atoms with van der Waals surface area (Å²) >= 11 is 0. The number of nitrogens with zero attached hydrogens (tertiary/aromatic N) is 2. The van der Waals surface area contributed by atoms with Crippen LogP contribution in [-0.4, -0.2) is 71.8 Å². The summed E-state index contributed by atoms with van der Waals surface area (Å²) in [6.45, 7) is 1.27. The zero-order valence-electron chi connectivity index (χ0n) is 17.5. The molecule has 9 nitrogen and oxygen atoms in total.